The minimum absolute atomic E-state index is 0.802. The van der Waals surface area contributed by atoms with Gasteiger partial charge in [0, 0.05) is 41.6 Å². The molecule has 4 heteroatoms. The first-order valence-electron chi connectivity index (χ1n) is 6.27. The lowest BCUT2D eigenvalue weighted by Gasteiger charge is -2.17. The molecule has 0 saturated heterocycles. The summed E-state index contributed by atoms with van der Waals surface area (Å²) in [5.74, 6) is 0. The Kier molecular flexibility index (Phi) is 4.93. The molecule has 2 rings (SSSR count). The summed E-state index contributed by atoms with van der Waals surface area (Å²) in [6.07, 6.45) is 2.79. The van der Waals surface area contributed by atoms with Crippen LogP contribution in [0, 0.1) is 0 Å². The molecule has 2 aromatic rings. The number of pyridine rings is 1. The summed E-state index contributed by atoms with van der Waals surface area (Å²) in [5, 5.41) is 0. The molecule has 0 aliphatic heterocycles. The lowest BCUT2D eigenvalue weighted by atomic mass is 10.2. The van der Waals surface area contributed by atoms with Crippen molar-refractivity contribution in [2.24, 2.45) is 0 Å². The number of likely N-dealkylation sites (N-methyl/N-ethyl adjacent to an activating group) is 1. The first-order chi connectivity index (χ1) is 9.15. The number of benzene rings is 1. The number of nitrogen functional groups attached to an aromatic ring is 1. The highest BCUT2D eigenvalue weighted by Crippen LogP contribution is 2.20. The van der Waals surface area contributed by atoms with Crippen LogP contribution in [-0.4, -0.2) is 23.5 Å². The van der Waals surface area contributed by atoms with Crippen LogP contribution in [0.3, 0.4) is 0 Å². The van der Waals surface area contributed by atoms with Crippen LogP contribution in [0.25, 0.3) is 0 Å². The van der Waals surface area contributed by atoms with Crippen molar-refractivity contribution in [2.75, 3.05) is 19.3 Å². The van der Waals surface area contributed by atoms with Gasteiger partial charge in [0.15, 0.2) is 0 Å². The molecule has 19 heavy (non-hydrogen) atoms. The van der Waals surface area contributed by atoms with Crippen LogP contribution >= 0.6 is 15.9 Å². The molecule has 1 aromatic heterocycles. The summed E-state index contributed by atoms with van der Waals surface area (Å²) in [5.41, 5.74) is 8.96. The SMILES string of the molecule is CN(CCc1ccccn1)Cc1cc(N)ccc1Br. The van der Waals surface area contributed by atoms with E-state index in [1.54, 1.807) is 0 Å². The molecule has 0 amide bonds. The number of hydrogen-bond acceptors (Lipinski definition) is 3. The smallest absolute Gasteiger partial charge is 0.0416 e. The molecule has 0 bridgehead atoms. The fourth-order valence-electron chi connectivity index (χ4n) is 1.94. The molecule has 0 fully saturated rings. The van der Waals surface area contributed by atoms with Gasteiger partial charge in [0.1, 0.15) is 0 Å². The molecule has 0 radical (unpaired) electrons. The zero-order valence-corrected chi connectivity index (χ0v) is 12.6. The van der Waals surface area contributed by atoms with Gasteiger partial charge in [-0.3, -0.25) is 4.98 Å². The zero-order chi connectivity index (χ0) is 13.7. The predicted octanol–water partition coefficient (Wildman–Crippen LogP) is 3.10. The van der Waals surface area contributed by atoms with Crippen LogP contribution in [0.2, 0.25) is 0 Å². The van der Waals surface area contributed by atoms with Crippen LogP contribution in [0.15, 0.2) is 47.1 Å². The monoisotopic (exact) mass is 319 g/mol. The normalized spacial score (nSPS) is 10.9. The molecule has 2 N–H and O–H groups in total. The van der Waals surface area contributed by atoms with Crippen molar-refractivity contribution in [3.63, 3.8) is 0 Å². The largest absolute Gasteiger partial charge is 0.399 e. The Morgan fingerprint density at radius 2 is 2.11 bits per heavy atom. The second-order valence-electron chi connectivity index (χ2n) is 4.66. The van der Waals surface area contributed by atoms with E-state index in [1.807, 2.05) is 36.5 Å². The first-order valence-corrected chi connectivity index (χ1v) is 7.07. The van der Waals surface area contributed by atoms with Gasteiger partial charge in [0.05, 0.1) is 0 Å². The third kappa shape index (κ3) is 4.33. The van der Waals surface area contributed by atoms with Crippen LogP contribution in [0.5, 0.6) is 0 Å². The zero-order valence-electron chi connectivity index (χ0n) is 11.0. The second-order valence-corrected chi connectivity index (χ2v) is 5.51. The Hall–Kier alpha value is -1.39. The van der Waals surface area contributed by atoms with Crippen LogP contribution < -0.4 is 5.73 Å². The molecular formula is C15H18BrN3. The summed E-state index contributed by atoms with van der Waals surface area (Å²) in [7, 11) is 2.11. The van der Waals surface area contributed by atoms with E-state index < -0.39 is 0 Å². The Bertz CT molecular complexity index is 528. The maximum absolute atomic E-state index is 5.82. The number of halogens is 1. The van der Waals surface area contributed by atoms with Gasteiger partial charge in [-0.15, -0.1) is 0 Å². The standard InChI is InChI=1S/C15H18BrN3/c1-19(9-7-14-4-2-3-8-18-14)11-12-10-13(17)5-6-15(12)16/h2-6,8,10H,7,9,11,17H2,1H3. The molecule has 3 nitrogen and oxygen atoms in total. The van der Waals surface area contributed by atoms with Gasteiger partial charge in [-0.25, -0.2) is 0 Å². The molecule has 0 aliphatic rings. The summed E-state index contributed by atoms with van der Waals surface area (Å²) < 4.78 is 1.10. The van der Waals surface area contributed by atoms with Crippen molar-refractivity contribution < 1.29 is 0 Å². The van der Waals surface area contributed by atoms with E-state index >= 15 is 0 Å². The lowest BCUT2D eigenvalue weighted by molar-refractivity contribution is 0.329. The molecule has 0 atom stereocenters. The number of nitrogens with zero attached hydrogens (tertiary/aromatic N) is 2. The maximum Gasteiger partial charge on any atom is 0.0416 e. The van der Waals surface area contributed by atoms with Crippen molar-refractivity contribution in [3.8, 4) is 0 Å². The quantitative estimate of drug-likeness (QED) is 0.861. The number of hydrogen-bond donors (Lipinski definition) is 1. The third-order valence-electron chi connectivity index (χ3n) is 2.99. The molecule has 0 saturated carbocycles. The number of rotatable bonds is 5. The molecule has 0 spiro atoms. The summed E-state index contributed by atoms with van der Waals surface area (Å²) in [4.78, 5) is 6.61. The van der Waals surface area contributed by atoms with Crippen molar-refractivity contribution >= 4 is 21.6 Å². The summed E-state index contributed by atoms with van der Waals surface area (Å²) in [6, 6.07) is 11.9. The first kappa shape index (κ1) is 14.0. The molecule has 0 unspecified atom stereocenters. The van der Waals surface area contributed by atoms with Crippen LogP contribution in [0.1, 0.15) is 11.3 Å². The fourth-order valence-corrected chi connectivity index (χ4v) is 2.31. The maximum atomic E-state index is 5.82. The highest BCUT2D eigenvalue weighted by atomic mass is 79.9. The van der Waals surface area contributed by atoms with Crippen molar-refractivity contribution in [2.45, 2.75) is 13.0 Å². The van der Waals surface area contributed by atoms with E-state index in [9.17, 15) is 0 Å². The van der Waals surface area contributed by atoms with Gasteiger partial charge in [-0.05, 0) is 42.9 Å². The van der Waals surface area contributed by atoms with Gasteiger partial charge in [0.25, 0.3) is 0 Å². The fraction of sp³-hybridized carbons (Fsp3) is 0.267. The van der Waals surface area contributed by atoms with E-state index in [4.69, 9.17) is 5.73 Å². The number of anilines is 1. The van der Waals surface area contributed by atoms with Crippen molar-refractivity contribution in [1.29, 1.82) is 0 Å². The summed E-state index contributed by atoms with van der Waals surface area (Å²) >= 11 is 3.56. The average molecular weight is 320 g/mol. The second kappa shape index (κ2) is 6.68. The van der Waals surface area contributed by atoms with Crippen molar-refractivity contribution in [3.05, 3.63) is 58.3 Å². The molecule has 100 valence electrons. The van der Waals surface area contributed by atoms with Gasteiger partial charge >= 0.3 is 0 Å². The third-order valence-corrected chi connectivity index (χ3v) is 3.76. The molecule has 0 aliphatic carbocycles. The molecular weight excluding hydrogens is 302 g/mol. The van der Waals surface area contributed by atoms with E-state index in [2.05, 4.69) is 38.9 Å². The van der Waals surface area contributed by atoms with Gasteiger partial charge < -0.3 is 10.6 Å². The van der Waals surface area contributed by atoms with Gasteiger partial charge in [0.2, 0.25) is 0 Å². The van der Waals surface area contributed by atoms with Gasteiger partial charge in [-0.2, -0.15) is 0 Å². The summed E-state index contributed by atoms with van der Waals surface area (Å²) in [6.45, 7) is 1.84. The molecule has 1 aromatic carbocycles. The minimum Gasteiger partial charge on any atom is -0.399 e. The average Bonchev–Trinajstić information content (AvgIpc) is 2.42. The van der Waals surface area contributed by atoms with E-state index in [0.717, 1.165) is 35.4 Å². The Balaban J connectivity index is 1.90. The van der Waals surface area contributed by atoms with Crippen LogP contribution in [0.4, 0.5) is 5.69 Å². The Morgan fingerprint density at radius 1 is 1.26 bits per heavy atom. The minimum atomic E-state index is 0.802. The van der Waals surface area contributed by atoms with E-state index in [-0.39, 0.29) is 0 Å². The van der Waals surface area contributed by atoms with Gasteiger partial charge in [-0.1, -0.05) is 22.0 Å². The van der Waals surface area contributed by atoms with E-state index in [1.165, 1.54) is 5.56 Å². The highest BCUT2D eigenvalue weighted by molar-refractivity contribution is 9.10. The van der Waals surface area contributed by atoms with Crippen molar-refractivity contribution in [1.82, 2.24) is 9.88 Å². The van der Waals surface area contributed by atoms with E-state index in [0.29, 0.717) is 0 Å². The predicted molar refractivity (Wildman–Crippen MR) is 82.8 cm³/mol. The molecule has 1 heterocycles. The Labute approximate surface area is 122 Å². The number of nitrogens with two attached hydrogens (primary N) is 1. The lowest BCUT2D eigenvalue weighted by Crippen LogP contribution is -2.21. The van der Waals surface area contributed by atoms with Crippen LogP contribution in [-0.2, 0) is 13.0 Å². The Morgan fingerprint density at radius 3 is 2.84 bits per heavy atom. The topological polar surface area (TPSA) is 42.2 Å². The highest BCUT2D eigenvalue weighted by Gasteiger charge is 2.05. The number of aromatic nitrogens is 1.